The molecule has 1 atom stereocenters. The Morgan fingerprint density at radius 2 is 1.90 bits per heavy atom. The van der Waals surface area contributed by atoms with E-state index in [1.807, 2.05) is 50.2 Å². The summed E-state index contributed by atoms with van der Waals surface area (Å²) in [5.74, 6) is 0.297. The minimum absolute atomic E-state index is 0. The fourth-order valence-corrected chi connectivity index (χ4v) is 2.86. The zero-order chi connectivity index (χ0) is 22.1. The van der Waals surface area contributed by atoms with Crippen LogP contribution in [-0.2, 0) is 6.54 Å². The van der Waals surface area contributed by atoms with Gasteiger partial charge >= 0.3 is 0 Å². The minimum Gasteiger partial charge on any atom is -0.352 e. The van der Waals surface area contributed by atoms with E-state index in [0.29, 0.717) is 30.2 Å². The zero-order valence-corrected chi connectivity index (χ0v) is 21.2. The van der Waals surface area contributed by atoms with Gasteiger partial charge in [0, 0.05) is 32.2 Å². The third-order valence-electron chi connectivity index (χ3n) is 4.77. The summed E-state index contributed by atoms with van der Waals surface area (Å²) in [6.45, 7) is 5.60. The normalized spacial score (nSPS) is 12.2. The van der Waals surface area contributed by atoms with Crippen molar-refractivity contribution in [3.8, 4) is 0 Å². The molecule has 170 valence electrons. The van der Waals surface area contributed by atoms with Crippen LogP contribution in [-0.4, -0.2) is 51.0 Å². The second-order valence-corrected chi connectivity index (χ2v) is 7.56. The highest BCUT2D eigenvalue weighted by molar-refractivity contribution is 14.0. The SMILES string of the molecule is CN=C(NCc1cccc(C(=O)NCCN(C)C)c1)NC(C)c1ccc(C)c(F)c1.I. The molecule has 0 aliphatic rings. The van der Waals surface area contributed by atoms with E-state index in [4.69, 9.17) is 0 Å². The molecule has 6 nitrogen and oxygen atoms in total. The van der Waals surface area contributed by atoms with Crippen molar-refractivity contribution in [2.75, 3.05) is 34.2 Å². The molecule has 2 rings (SSSR count). The van der Waals surface area contributed by atoms with Crippen molar-refractivity contribution < 1.29 is 9.18 Å². The van der Waals surface area contributed by atoms with Gasteiger partial charge < -0.3 is 20.9 Å². The minimum atomic E-state index is -0.218. The molecule has 0 aliphatic heterocycles. The van der Waals surface area contributed by atoms with Crippen molar-refractivity contribution in [3.63, 3.8) is 0 Å². The van der Waals surface area contributed by atoms with E-state index in [1.165, 1.54) is 0 Å². The largest absolute Gasteiger partial charge is 0.352 e. The van der Waals surface area contributed by atoms with Crippen molar-refractivity contribution >= 4 is 35.8 Å². The first-order valence-electron chi connectivity index (χ1n) is 10.0. The van der Waals surface area contributed by atoms with Crippen LogP contribution in [0, 0.1) is 12.7 Å². The van der Waals surface area contributed by atoms with Crippen LogP contribution in [0.2, 0.25) is 0 Å². The molecule has 0 saturated carbocycles. The molecule has 0 radical (unpaired) electrons. The first-order valence-corrected chi connectivity index (χ1v) is 10.0. The Kier molecular flexibility index (Phi) is 11.5. The maximum absolute atomic E-state index is 13.8. The standard InChI is InChI=1S/C23H32FN5O.HI/c1-16-9-10-19(14-21(16)24)17(2)28-23(25-3)27-15-18-7-6-8-20(13-18)22(30)26-11-12-29(4)5;/h6-10,13-14,17H,11-12,15H2,1-5H3,(H,26,30)(H2,25,27,28);1H. The van der Waals surface area contributed by atoms with Gasteiger partial charge in [-0.05, 0) is 62.8 Å². The van der Waals surface area contributed by atoms with Gasteiger partial charge in [-0.3, -0.25) is 9.79 Å². The highest BCUT2D eigenvalue weighted by atomic mass is 127. The summed E-state index contributed by atoms with van der Waals surface area (Å²) in [6.07, 6.45) is 0. The predicted octanol–water partition coefficient (Wildman–Crippen LogP) is 3.47. The molecule has 1 unspecified atom stereocenters. The number of amides is 1. The third-order valence-corrected chi connectivity index (χ3v) is 4.77. The number of hydrogen-bond acceptors (Lipinski definition) is 3. The van der Waals surface area contributed by atoms with Gasteiger partial charge in [0.05, 0.1) is 6.04 Å². The summed E-state index contributed by atoms with van der Waals surface area (Å²) in [5.41, 5.74) is 3.06. The molecule has 1 amide bonds. The van der Waals surface area contributed by atoms with Gasteiger partial charge in [-0.15, -0.1) is 24.0 Å². The van der Waals surface area contributed by atoms with Crippen LogP contribution in [0.4, 0.5) is 4.39 Å². The number of aryl methyl sites for hydroxylation is 1. The van der Waals surface area contributed by atoms with Crippen LogP contribution in [0.25, 0.3) is 0 Å². The molecule has 8 heteroatoms. The molecule has 0 aliphatic carbocycles. The molecule has 0 heterocycles. The van der Waals surface area contributed by atoms with Crippen LogP contribution in [0.3, 0.4) is 0 Å². The number of halogens is 2. The zero-order valence-electron chi connectivity index (χ0n) is 18.8. The number of nitrogens with zero attached hydrogens (tertiary/aromatic N) is 2. The van der Waals surface area contributed by atoms with Crippen molar-refractivity contribution in [2.24, 2.45) is 4.99 Å². The number of rotatable bonds is 8. The molecule has 2 aromatic carbocycles. The van der Waals surface area contributed by atoms with E-state index in [-0.39, 0.29) is 41.7 Å². The Morgan fingerprint density at radius 1 is 1.16 bits per heavy atom. The predicted molar refractivity (Wildman–Crippen MR) is 136 cm³/mol. The average Bonchev–Trinajstić information content (AvgIpc) is 2.72. The maximum atomic E-state index is 13.8. The van der Waals surface area contributed by atoms with Gasteiger partial charge in [0.2, 0.25) is 0 Å². The molecule has 0 aromatic heterocycles. The lowest BCUT2D eigenvalue weighted by atomic mass is 10.1. The van der Waals surface area contributed by atoms with Crippen LogP contribution in [0.15, 0.2) is 47.5 Å². The van der Waals surface area contributed by atoms with Gasteiger partial charge in [-0.1, -0.05) is 24.3 Å². The molecule has 3 N–H and O–H groups in total. The molecule has 0 spiro atoms. The van der Waals surface area contributed by atoms with E-state index < -0.39 is 0 Å². The fourth-order valence-electron chi connectivity index (χ4n) is 2.86. The molecule has 0 saturated heterocycles. The number of nitrogens with one attached hydrogen (secondary N) is 3. The first-order chi connectivity index (χ1) is 14.3. The number of carbonyl (C=O) groups is 1. The van der Waals surface area contributed by atoms with E-state index in [1.54, 1.807) is 32.2 Å². The first kappa shape index (κ1) is 26.8. The van der Waals surface area contributed by atoms with Crippen LogP contribution < -0.4 is 16.0 Å². The third kappa shape index (κ3) is 8.82. The lowest BCUT2D eigenvalue weighted by Gasteiger charge is -2.19. The quantitative estimate of drug-likeness (QED) is 0.272. The molecule has 2 aromatic rings. The van der Waals surface area contributed by atoms with Crippen molar-refractivity contribution in [1.29, 1.82) is 0 Å². The Hall–Kier alpha value is -2.20. The summed E-state index contributed by atoms with van der Waals surface area (Å²) >= 11 is 0. The van der Waals surface area contributed by atoms with Gasteiger partial charge in [0.15, 0.2) is 5.96 Å². The number of guanidine groups is 1. The summed E-state index contributed by atoms with van der Waals surface area (Å²) in [4.78, 5) is 18.6. The van der Waals surface area contributed by atoms with Crippen molar-refractivity contribution in [1.82, 2.24) is 20.9 Å². The Labute approximate surface area is 201 Å². The number of aliphatic imine (C=N–C) groups is 1. The summed E-state index contributed by atoms with van der Waals surface area (Å²) in [6, 6.07) is 12.6. The lowest BCUT2D eigenvalue weighted by Crippen LogP contribution is -2.38. The van der Waals surface area contributed by atoms with E-state index in [2.05, 4.69) is 20.9 Å². The molecule has 0 bridgehead atoms. The van der Waals surface area contributed by atoms with Crippen LogP contribution in [0.5, 0.6) is 0 Å². The number of likely N-dealkylation sites (N-methyl/N-ethyl adjacent to an activating group) is 1. The summed E-state index contributed by atoms with van der Waals surface area (Å²) in [5, 5.41) is 9.43. The summed E-state index contributed by atoms with van der Waals surface area (Å²) < 4.78 is 13.8. The molecule has 31 heavy (non-hydrogen) atoms. The van der Waals surface area contributed by atoms with Gasteiger partial charge in [-0.25, -0.2) is 4.39 Å². The Morgan fingerprint density at radius 3 is 2.55 bits per heavy atom. The van der Waals surface area contributed by atoms with Crippen molar-refractivity contribution in [3.05, 3.63) is 70.5 Å². The second-order valence-electron chi connectivity index (χ2n) is 7.56. The highest BCUT2D eigenvalue weighted by Gasteiger charge is 2.10. The average molecular weight is 541 g/mol. The number of carbonyl (C=O) groups excluding carboxylic acids is 1. The van der Waals surface area contributed by atoms with Crippen molar-refractivity contribution in [2.45, 2.75) is 26.4 Å². The lowest BCUT2D eigenvalue weighted by molar-refractivity contribution is 0.0951. The fraction of sp³-hybridized carbons (Fsp3) is 0.391. The molecular formula is C23H33FIN5O. The molecular weight excluding hydrogens is 508 g/mol. The smallest absolute Gasteiger partial charge is 0.251 e. The Balaban J connectivity index is 0.00000480. The topological polar surface area (TPSA) is 68.8 Å². The van der Waals surface area contributed by atoms with E-state index >= 15 is 0 Å². The highest BCUT2D eigenvalue weighted by Crippen LogP contribution is 2.16. The Bertz CT molecular complexity index is 888. The van der Waals surface area contributed by atoms with E-state index in [9.17, 15) is 9.18 Å². The monoisotopic (exact) mass is 541 g/mol. The van der Waals surface area contributed by atoms with Gasteiger partial charge in [0.25, 0.3) is 5.91 Å². The summed E-state index contributed by atoms with van der Waals surface area (Å²) in [7, 11) is 5.62. The van der Waals surface area contributed by atoms with Crippen LogP contribution in [0.1, 0.15) is 40.0 Å². The second kappa shape index (κ2) is 13.3. The van der Waals surface area contributed by atoms with Gasteiger partial charge in [0.1, 0.15) is 5.82 Å². The van der Waals surface area contributed by atoms with Crippen LogP contribution >= 0.6 is 24.0 Å². The maximum Gasteiger partial charge on any atom is 0.251 e. The number of hydrogen-bond donors (Lipinski definition) is 3. The number of benzene rings is 2. The van der Waals surface area contributed by atoms with Gasteiger partial charge in [-0.2, -0.15) is 0 Å². The molecule has 0 fully saturated rings. The van der Waals surface area contributed by atoms with E-state index in [0.717, 1.165) is 17.7 Å².